The number of benzene rings is 1. The lowest BCUT2D eigenvalue weighted by Crippen LogP contribution is -2.34. The van der Waals surface area contributed by atoms with Crippen molar-refractivity contribution in [1.29, 1.82) is 0 Å². The van der Waals surface area contributed by atoms with E-state index in [1.54, 1.807) is 6.33 Å². The Morgan fingerprint density at radius 3 is 3.11 bits per heavy atom. The van der Waals surface area contributed by atoms with Gasteiger partial charge in [0.25, 0.3) is 0 Å². The molecule has 2 aliphatic heterocycles. The zero-order valence-electron chi connectivity index (χ0n) is 16.3. The number of aryl methyl sites for hydroxylation is 1. The summed E-state index contributed by atoms with van der Waals surface area (Å²) >= 11 is 0. The van der Waals surface area contributed by atoms with E-state index < -0.39 is 0 Å². The Morgan fingerprint density at radius 2 is 2.21 bits per heavy atom. The van der Waals surface area contributed by atoms with Gasteiger partial charge in [-0.1, -0.05) is 6.92 Å². The standard InChI is InChI=1S/C21H27N5O2/c1-15-3-2-9-26(13-15)20-12-19(23-14-24-20)22-8-10-28-17-5-6-18-16(11-17)4-7-21(27)25-18/h5-6,11-12,14-15H,2-4,7-10,13H2,1H3,(H,25,27)(H,22,23,24). The van der Waals surface area contributed by atoms with Crippen LogP contribution in [0.4, 0.5) is 17.3 Å². The molecule has 7 nitrogen and oxygen atoms in total. The van der Waals surface area contributed by atoms with Crippen molar-refractivity contribution in [2.45, 2.75) is 32.6 Å². The van der Waals surface area contributed by atoms with Gasteiger partial charge >= 0.3 is 0 Å². The average Bonchev–Trinajstić information content (AvgIpc) is 2.71. The lowest BCUT2D eigenvalue weighted by molar-refractivity contribution is -0.116. The highest BCUT2D eigenvalue weighted by Gasteiger charge is 2.18. The van der Waals surface area contributed by atoms with E-state index in [0.717, 1.165) is 48.1 Å². The van der Waals surface area contributed by atoms with E-state index in [4.69, 9.17) is 4.74 Å². The van der Waals surface area contributed by atoms with Crippen LogP contribution in [0.25, 0.3) is 0 Å². The van der Waals surface area contributed by atoms with E-state index in [1.165, 1.54) is 12.8 Å². The molecule has 1 unspecified atom stereocenters. The van der Waals surface area contributed by atoms with Crippen LogP contribution in [0, 0.1) is 5.92 Å². The van der Waals surface area contributed by atoms with Gasteiger partial charge in [-0.25, -0.2) is 9.97 Å². The van der Waals surface area contributed by atoms with Crippen molar-refractivity contribution >= 4 is 23.2 Å². The van der Waals surface area contributed by atoms with Crippen LogP contribution in [0.5, 0.6) is 5.75 Å². The Kier molecular flexibility index (Phi) is 5.60. The second-order valence-corrected chi connectivity index (χ2v) is 7.60. The first kappa shape index (κ1) is 18.5. The van der Waals surface area contributed by atoms with Crippen molar-refractivity contribution in [3.8, 4) is 5.75 Å². The number of hydrogen-bond donors (Lipinski definition) is 2. The Labute approximate surface area is 165 Å². The fourth-order valence-corrected chi connectivity index (χ4v) is 3.81. The normalized spacial score (nSPS) is 19.0. The van der Waals surface area contributed by atoms with Gasteiger partial charge in [-0.3, -0.25) is 4.79 Å². The number of piperidine rings is 1. The van der Waals surface area contributed by atoms with Crippen molar-refractivity contribution in [2.24, 2.45) is 5.92 Å². The van der Waals surface area contributed by atoms with Gasteiger partial charge < -0.3 is 20.3 Å². The first-order valence-electron chi connectivity index (χ1n) is 10.0. The van der Waals surface area contributed by atoms with Gasteiger partial charge in [-0.2, -0.15) is 0 Å². The predicted molar refractivity (Wildman–Crippen MR) is 110 cm³/mol. The molecule has 28 heavy (non-hydrogen) atoms. The molecule has 1 aromatic carbocycles. The van der Waals surface area contributed by atoms with Crippen LogP contribution < -0.4 is 20.3 Å². The number of nitrogens with zero attached hydrogens (tertiary/aromatic N) is 3. The Bertz CT molecular complexity index is 841. The van der Waals surface area contributed by atoms with Crippen LogP contribution >= 0.6 is 0 Å². The third kappa shape index (κ3) is 4.52. The summed E-state index contributed by atoms with van der Waals surface area (Å²) in [6.07, 6.45) is 5.42. The second kappa shape index (κ2) is 8.46. The number of carbonyl (C=O) groups is 1. The predicted octanol–water partition coefficient (Wildman–Crippen LogP) is 3.09. The number of anilines is 3. The van der Waals surface area contributed by atoms with Crippen LogP contribution in [0.15, 0.2) is 30.6 Å². The molecule has 1 saturated heterocycles. The summed E-state index contributed by atoms with van der Waals surface area (Å²) in [6, 6.07) is 7.82. The minimum Gasteiger partial charge on any atom is -0.492 e. The molecule has 1 fully saturated rings. The van der Waals surface area contributed by atoms with Crippen molar-refractivity contribution in [1.82, 2.24) is 9.97 Å². The third-order valence-electron chi connectivity index (χ3n) is 5.28. The number of carbonyl (C=O) groups excluding carboxylic acids is 1. The van der Waals surface area contributed by atoms with E-state index in [0.29, 0.717) is 25.5 Å². The maximum Gasteiger partial charge on any atom is 0.224 e. The van der Waals surface area contributed by atoms with Crippen molar-refractivity contribution in [2.75, 3.05) is 41.8 Å². The maximum absolute atomic E-state index is 11.4. The summed E-state index contributed by atoms with van der Waals surface area (Å²) in [5.74, 6) is 3.41. The number of hydrogen-bond acceptors (Lipinski definition) is 6. The third-order valence-corrected chi connectivity index (χ3v) is 5.28. The number of amides is 1. The summed E-state index contributed by atoms with van der Waals surface area (Å²) in [4.78, 5) is 22.5. The highest BCUT2D eigenvalue weighted by molar-refractivity contribution is 5.93. The highest BCUT2D eigenvalue weighted by atomic mass is 16.5. The SMILES string of the molecule is CC1CCCN(c2cc(NCCOc3ccc4c(c3)CCC(=O)N4)ncn2)C1. The second-order valence-electron chi connectivity index (χ2n) is 7.60. The zero-order chi connectivity index (χ0) is 19.3. The molecule has 1 atom stereocenters. The van der Waals surface area contributed by atoms with Gasteiger partial charge in [0.15, 0.2) is 0 Å². The van der Waals surface area contributed by atoms with Gasteiger partial charge in [0.1, 0.15) is 30.3 Å². The molecule has 0 aliphatic carbocycles. The number of aromatic nitrogens is 2. The zero-order valence-corrected chi connectivity index (χ0v) is 16.3. The Hall–Kier alpha value is -2.83. The number of fused-ring (bicyclic) bond motifs is 1. The summed E-state index contributed by atoms with van der Waals surface area (Å²) in [7, 11) is 0. The number of nitrogens with one attached hydrogen (secondary N) is 2. The van der Waals surface area contributed by atoms with Crippen molar-refractivity contribution in [3.05, 3.63) is 36.2 Å². The van der Waals surface area contributed by atoms with E-state index >= 15 is 0 Å². The minimum absolute atomic E-state index is 0.0774. The van der Waals surface area contributed by atoms with Crippen LogP contribution in [0.1, 0.15) is 31.7 Å². The van der Waals surface area contributed by atoms with Gasteiger partial charge in [0.05, 0.1) is 6.54 Å². The molecule has 7 heteroatoms. The van der Waals surface area contributed by atoms with Crippen LogP contribution in [0.2, 0.25) is 0 Å². The summed E-state index contributed by atoms with van der Waals surface area (Å²) < 4.78 is 5.85. The topological polar surface area (TPSA) is 79.4 Å². The summed E-state index contributed by atoms with van der Waals surface area (Å²) in [5, 5.41) is 6.20. The lowest BCUT2D eigenvalue weighted by Gasteiger charge is -2.31. The summed E-state index contributed by atoms with van der Waals surface area (Å²) in [5.41, 5.74) is 2.02. The minimum atomic E-state index is 0.0774. The average molecular weight is 381 g/mol. The molecule has 148 valence electrons. The fraction of sp³-hybridized carbons (Fsp3) is 0.476. The van der Waals surface area contributed by atoms with Crippen molar-refractivity contribution < 1.29 is 9.53 Å². The molecule has 2 aliphatic rings. The van der Waals surface area contributed by atoms with Gasteiger partial charge in [-0.15, -0.1) is 0 Å². The Morgan fingerprint density at radius 1 is 1.29 bits per heavy atom. The van der Waals surface area contributed by atoms with E-state index in [9.17, 15) is 4.79 Å². The molecule has 2 N–H and O–H groups in total. The molecule has 1 amide bonds. The molecule has 0 radical (unpaired) electrons. The van der Waals surface area contributed by atoms with Crippen LogP contribution in [0.3, 0.4) is 0 Å². The molecule has 2 aromatic rings. The smallest absolute Gasteiger partial charge is 0.224 e. The monoisotopic (exact) mass is 381 g/mol. The summed E-state index contributed by atoms with van der Waals surface area (Å²) in [6.45, 7) is 5.59. The molecule has 4 rings (SSSR count). The Balaban J connectivity index is 1.27. The quantitative estimate of drug-likeness (QED) is 0.749. The molecule has 3 heterocycles. The van der Waals surface area contributed by atoms with Gasteiger partial charge in [-0.05, 0) is 48.9 Å². The first-order chi connectivity index (χ1) is 13.7. The maximum atomic E-state index is 11.4. The molecule has 0 saturated carbocycles. The van der Waals surface area contributed by atoms with Crippen LogP contribution in [-0.2, 0) is 11.2 Å². The fourth-order valence-electron chi connectivity index (χ4n) is 3.81. The molecule has 0 bridgehead atoms. The van der Waals surface area contributed by atoms with E-state index in [2.05, 4.69) is 32.4 Å². The van der Waals surface area contributed by atoms with E-state index in [-0.39, 0.29) is 5.91 Å². The lowest BCUT2D eigenvalue weighted by atomic mass is 10.0. The molecular formula is C21H27N5O2. The molecular weight excluding hydrogens is 354 g/mol. The van der Waals surface area contributed by atoms with Gasteiger partial charge in [0, 0.05) is 31.3 Å². The first-order valence-corrected chi connectivity index (χ1v) is 10.0. The molecule has 0 spiro atoms. The van der Waals surface area contributed by atoms with Crippen LogP contribution in [-0.4, -0.2) is 42.1 Å². The number of ether oxygens (including phenoxy) is 1. The van der Waals surface area contributed by atoms with E-state index in [1.807, 2.05) is 24.3 Å². The van der Waals surface area contributed by atoms with Crippen molar-refractivity contribution in [3.63, 3.8) is 0 Å². The number of rotatable bonds is 6. The van der Waals surface area contributed by atoms with Gasteiger partial charge in [0.2, 0.25) is 5.91 Å². The largest absolute Gasteiger partial charge is 0.492 e. The molecule has 1 aromatic heterocycles. The highest BCUT2D eigenvalue weighted by Crippen LogP contribution is 2.27.